The Morgan fingerprint density at radius 1 is 1.46 bits per heavy atom. The zero-order valence-electron chi connectivity index (χ0n) is 7.23. The van der Waals surface area contributed by atoms with Gasteiger partial charge in [-0.25, -0.2) is 0 Å². The van der Waals surface area contributed by atoms with Crippen LogP contribution in [0.2, 0.25) is 0 Å². The van der Waals surface area contributed by atoms with E-state index in [1.54, 1.807) is 12.1 Å². The molecule has 66 valence electrons. The van der Waals surface area contributed by atoms with E-state index in [0.717, 1.165) is 5.56 Å². The molecule has 0 amide bonds. The lowest BCUT2D eigenvalue weighted by Crippen LogP contribution is -1.91. The lowest BCUT2D eigenvalue weighted by atomic mass is 10.0. The van der Waals surface area contributed by atoms with Gasteiger partial charge in [0.15, 0.2) is 0 Å². The predicted molar refractivity (Wildman–Crippen MR) is 50.5 cm³/mol. The second-order valence-corrected chi connectivity index (χ2v) is 3.22. The summed E-state index contributed by atoms with van der Waals surface area (Å²) in [5.74, 6) is 0.385. The van der Waals surface area contributed by atoms with Gasteiger partial charge in [0.25, 0.3) is 5.69 Å². The van der Waals surface area contributed by atoms with Gasteiger partial charge < -0.3 is 0 Å². The molecule has 2 rings (SSSR count). The molecule has 1 aromatic rings. The number of nitro benzene ring substituents is 1. The van der Waals surface area contributed by atoms with E-state index >= 15 is 0 Å². The molecule has 1 aliphatic carbocycles. The monoisotopic (exact) mass is 175 g/mol. The van der Waals surface area contributed by atoms with Gasteiger partial charge in [-0.15, -0.1) is 0 Å². The van der Waals surface area contributed by atoms with Crippen LogP contribution in [0.3, 0.4) is 0 Å². The van der Waals surface area contributed by atoms with Crippen LogP contribution in [0.1, 0.15) is 24.0 Å². The zero-order valence-corrected chi connectivity index (χ0v) is 7.23. The Balaban J connectivity index is 2.50. The fourth-order valence-electron chi connectivity index (χ4n) is 1.59. The third-order valence-corrected chi connectivity index (χ3v) is 2.34. The molecular weight excluding hydrogens is 166 g/mol. The number of hydrogen-bond donors (Lipinski definition) is 0. The van der Waals surface area contributed by atoms with Crippen molar-refractivity contribution in [2.24, 2.45) is 0 Å². The Bertz CT molecular complexity index is 396. The maximum atomic E-state index is 10.5. The van der Waals surface area contributed by atoms with Crippen LogP contribution in [0, 0.1) is 10.1 Å². The molecule has 0 saturated carbocycles. The molecule has 0 saturated heterocycles. The van der Waals surface area contributed by atoms with Gasteiger partial charge in [-0.3, -0.25) is 10.1 Å². The molecular formula is C10H9NO2. The van der Waals surface area contributed by atoms with E-state index in [9.17, 15) is 10.1 Å². The van der Waals surface area contributed by atoms with Crippen molar-refractivity contribution in [2.45, 2.75) is 12.8 Å². The number of allylic oxidation sites excluding steroid dienone is 1. The van der Waals surface area contributed by atoms with Gasteiger partial charge in [0.05, 0.1) is 4.92 Å². The molecule has 3 nitrogen and oxygen atoms in total. The third kappa shape index (κ3) is 1.22. The van der Waals surface area contributed by atoms with E-state index in [1.165, 1.54) is 5.56 Å². The van der Waals surface area contributed by atoms with E-state index in [0.29, 0.717) is 5.92 Å². The summed E-state index contributed by atoms with van der Waals surface area (Å²) < 4.78 is 0. The number of benzene rings is 1. The molecule has 1 unspecified atom stereocenters. The number of nitro groups is 1. The van der Waals surface area contributed by atoms with Crippen molar-refractivity contribution in [2.75, 3.05) is 0 Å². The van der Waals surface area contributed by atoms with Crippen molar-refractivity contribution < 1.29 is 4.92 Å². The summed E-state index contributed by atoms with van der Waals surface area (Å²) in [4.78, 5) is 10.1. The topological polar surface area (TPSA) is 43.1 Å². The van der Waals surface area contributed by atoms with Crippen LogP contribution in [0.25, 0.3) is 6.08 Å². The summed E-state index contributed by atoms with van der Waals surface area (Å²) in [5.41, 5.74) is 2.31. The van der Waals surface area contributed by atoms with E-state index < -0.39 is 0 Å². The molecule has 0 fully saturated rings. The summed E-state index contributed by atoms with van der Waals surface area (Å²) in [5, 5.41) is 10.5. The van der Waals surface area contributed by atoms with E-state index in [2.05, 4.69) is 6.92 Å². The van der Waals surface area contributed by atoms with Crippen LogP contribution in [-0.4, -0.2) is 4.92 Å². The highest BCUT2D eigenvalue weighted by Gasteiger charge is 2.15. The van der Waals surface area contributed by atoms with Gasteiger partial charge in [-0.05, 0) is 17.0 Å². The predicted octanol–water partition coefficient (Wildman–Crippen LogP) is 2.73. The van der Waals surface area contributed by atoms with Crippen LogP contribution in [0.5, 0.6) is 0 Å². The molecule has 0 spiro atoms. The number of non-ortho nitro benzene ring substituents is 1. The first-order valence-electron chi connectivity index (χ1n) is 4.15. The smallest absolute Gasteiger partial charge is 0.258 e. The minimum atomic E-state index is -0.364. The lowest BCUT2D eigenvalue weighted by molar-refractivity contribution is -0.384. The van der Waals surface area contributed by atoms with Crippen molar-refractivity contribution in [3.63, 3.8) is 0 Å². The van der Waals surface area contributed by atoms with Gasteiger partial charge >= 0.3 is 0 Å². The quantitative estimate of drug-likeness (QED) is 0.486. The SMILES string of the molecule is CC1C=Cc2cc([N+](=O)[O-])ccc21. The van der Waals surface area contributed by atoms with Crippen LogP contribution in [-0.2, 0) is 0 Å². The van der Waals surface area contributed by atoms with Gasteiger partial charge in [0, 0.05) is 12.1 Å². The first-order chi connectivity index (χ1) is 6.18. The molecule has 3 heteroatoms. The van der Waals surface area contributed by atoms with Gasteiger partial charge in [-0.1, -0.05) is 25.1 Å². The standard InChI is InChI=1S/C10H9NO2/c1-7-2-3-8-6-9(11(12)13)4-5-10(7)8/h2-7H,1H3. The Morgan fingerprint density at radius 3 is 2.92 bits per heavy atom. The van der Waals surface area contributed by atoms with Crippen LogP contribution >= 0.6 is 0 Å². The summed E-state index contributed by atoms with van der Waals surface area (Å²) >= 11 is 0. The molecule has 1 aliphatic rings. The minimum Gasteiger partial charge on any atom is -0.258 e. The fourth-order valence-corrected chi connectivity index (χ4v) is 1.59. The van der Waals surface area contributed by atoms with Crippen molar-refractivity contribution in [1.82, 2.24) is 0 Å². The average molecular weight is 175 g/mol. The Morgan fingerprint density at radius 2 is 2.23 bits per heavy atom. The first-order valence-corrected chi connectivity index (χ1v) is 4.15. The highest BCUT2D eigenvalue weighted by molar-refractivity contribution is 5.64. The van der Waals surface area contributed by atoms with Crippen LogP contribution in [0.15, 0.2) is 24.3 Å². The number of fused-ring (bicyclic) bond motifs is 1. The molecule has 0 aromatic heterocycles. The van der Waals surface area contributed by atoms with Crippen LogP contribution in [0.4, 0.5) is 5.69 Å². The zero-order chi connectivity index (χ0) is 9.42. The first kappa shape index (κ1) is 7.98. The average Bonchev–Trinajstić information content (AvgIpc) is 2.47. The molecule has 0 aliphatic heterocycles. The molecule has 0 radical (unpaired) electrons. The molecule has 0 heterocycles. The Kier molecular flexibility index (Phi) is 1.65. The molecule has 0 N–H and O–H groups in total. The van der Waals surface area contributed by atoms with Crippen molar-refractivity contribution >= 4 is 11.8 Å². The highest BCUT2D eigenvalue weighted by Crippen LogP contribution is 2.31. The molecule has 0 bridgehead atoms. The summed E-state index contributed by atoms with van der Waals surface area (Å²) in [7, 11) is 0. The normalized spacial score (nSPS) is 18.7. The number of nitrogens with zero attached hydrogens (tertiary/aromatic N) is 1. The van der Waals surface area contributed by atoms with Crippen molar-refractivity contribution in [3.8, 4) is 0 Å². The Hall–Kier alpha value is -1.64. The lowest BCUT2D eigenvalue weighted by Gasteiger charge is -2.02. The van der Waals surface area contributed by atoms with E-state index in [-0.39, 0.29) is 10.6 Å². The van der Waals surface area contributed by atoms with Crippen molar-refractivity contribution in [3.05, 3.63) is 45.5 Å². The second kappa shape index (κ2) is 2.69. The van der Waals surface area contributed by atoms with Crippen molar-refractivity contribution in [1.29, 1.82) is 0 Å². The molecule has 1 aromatic carbocycles. The molecule has 1 atom stereocenters. The van der Waals surface area contributed by atoms with Gasteiger partial charge in [-0.2, -0.15) is 0 Å². The maximum Gasteiger partial charge on any atom is 0.270 e. The Labute approximate surface area is 75.8 Å². The van der Waals surface area contributed by atoms with E-state index in [4.69, 9.17) is 0 Å². The third-order valence-electron chi connectivity index (χ3n) is 2.34. The number of hydrogen-bond acceptors (Lipinski definition) is 2. The second-order valence-electron chi connectivity index (χ2n) is 3.22. The summed E-state index contributed by atoms with van der Waals surface area (Å²) in [6.45, 7) is 2.08. The van der Waals surface area contributed by atoms with E-state index in [1.807, 2.05) is 18.2 Å². The summed E-state index contributed by atoms with van der Waals surface area (Å²) in [6, 6.07) is 5.01. The van der Waals surface area contributed by atoms with Gasteiger partial charge in [0.1, 0.15) is 0 Å². The highest BCUT2D eigenvalue weighted by atomic mass is 16.6. The molecule has 13 heavy (non-hydrogen) atoms. The maximum absolute atomic E-state index is 10.5. The largest absolute Gasteiger partial charge is 0.270 e. The number of rotatable bonds is 1. The summed E-state index contributed by atoms with van der Waals surface area (Å²) in [6.07, 6.45) is 3.99. The minimum absolute atomic E-state index is 0.164. The van der Waals surface area contributed by atoms with Crippen LogP contribution < -0.4 is 0 Å². The van der Waals surface area contributed by atoms with Gasteiger partial charge in [0.2, 0.25) is 0 Å². The fraction of sp³-hybridized carbons (Fsp3) is 0.200.